The summed E-state index contributed by atoms with van der Waals surface area (Å²) in [6, 6.07) is 0. The van der Waals surface area contributed by atoms with Crippen LogP contribution in [0.2, 0.25) is 0 Å². The average Bonchev–Trinajstić information content (AvgIpc) is 2.22. The van der Waals surface area contributed by atoms with E-state index >= 15 is 0 Å². The van der Waals surface area contributed by atoms with Gasteiger partial charge in [-0.3, -0.25) is 0 Å². The quantitative estimate of drug-likeness (QED) is 0.691. The first-order valence-corrected chi connectivity index (χ1v) is 4.33. The molecule has 0 spiro atoms. The highest BCUT2D eigenvalue weighted by Crippen LogP contribution is 2.39. The molecule has 0 aliphatic heterocycles. The second-order valence-electron chi connectivity index (χ2n) is 3.42. The van der Waals surface area contributed by atoms with E-state index in [9.17, 15) is 52.7 Å². The second kappa shape index (κ2) is 5.48. The summed E-state index contributed by atoms with van der Waals surface area (Å²) in [7, 11) is 0. The zero-order valence-electron chi connectivity index (χ0n) is 8.81. The highest BCUT2D eigenvalue weighted by molar-refractivity contribution is 4.84. The Morgan fingerprint density at radius 1 is 0.650 bits per heavy atom. The van der Waals surface area contributed by atoms with E-state index in [-0.39, 0.29) is 0 Å². The number of halogens is 12. The highest BCUT2D eigenvalue weighted by Gasteiger charge is 2.62. The smallest absolute Gasteiger partial charge is 0.311 e. The van der Waals surface area contributed by atoms with Gasteiger partial charge in [-0.2, -0.15) is 35.1 Å². The number of hydrogen-bond donors (Lipinski definition) is 0. The maximum Gasteiger partial charge on any atom is 0.428 e. The highest BCUT2D eigenvalue weighted by atomic mass is 19.4. The summed E-state index contributed by atoms with van der Waals surface area (Å²) in [4.78, 5) is 0. The lowest BCUT2D eigenvalue weighted by atomic mass is 10.2. The number of rotatable bonds is 5. The Kier molecular flexibility index (Phi) is 5.24. The molecule has 122 valence electrons. The minimum Gasteiger partial charge on any atom is -0.311 e. The molecular formula is C7H4F12O. The van der Waals surface area contributed by atoms with Crippen molar-refractivity contribution in [3.63, 3.8) is 0 Å². The van der Waals surface area contributed by atoms with Gasteiger partial charge in [-0.15, -0.1) is 0 Å². The molecule has 13 heteroatoms. The van der Waals surface area contributed by atoms with E-state index < -0.39 is 43.3 Å². The SMILES string of the molecule is F[C@@H](C(F)(F)F)C(F)(F)COC(F)(F)[C@@H](F)C(F)(F)F. The Balaban J connectivity index is 4.84. The molecule has 0 bridgehead atoms. The van der Waals surface area contributed by atoms with E-state index in [2.05, 4.69) is 4.74 Å². The van der Waals surface area contributed by atoms with Crippen molar-refractivity contribution in [3.8, 4) is 0 Å². The van der Waals surface area contributed by atoms with Crippen LogP contribution in [0.5, 0.6) is 0 Å². The molecule has 0 aliphatic carbocycles. The maximum atomic E-state index is 12.4. The van der Waals surface area contributed by atoms with Gasteiger partial charge in [0.2, 0.25) is 0 Å². The van der Waals surface area contributed by atoms with E-state index in [0.29, 0.717) is 0 Å². The van der Waals surface area contributed by atoms with Gasteiger partial charge in [0.05, 0.1) is 0 Å². The van der Waals surface area contributed by atoms with Crippen LogP contribution in [0.3, 0.4) is 0 Å². The van der Waals surface area contributed by atoms with Crippen molar-refractivity contribution in [1.82, 2.24) is 0 Å². The molecule has 20 heavy (non-hydrogen) atoms. The van der Waals surface area contributed by atoms with Gasteiger partial charge in [-0.25, -0.2) is 17.6 Å². The number of hydrogen-bond acceptors (Lipinski definition) is 1. The first-order valence-electron chi connectivity index (χ1n) is 4.33. The molecule has 0 heterocycles. The van der Waals surface area contributed by atoms with Gasteiger partial charge in [0, 0.05) is 0 Å². The van der Waals surface area contributed by atoms with Gasteiger partial charge in [0.15, 0.2) is 0 Å². The number of alkyl halides is 12. The molecule has 0 N–H and O–H groups in total. The van der Waals surface area contributed by atoms with Gasteiger partial charge >= 0.3 is 24.4 Å². The van der Waals surface area contributed by atoms with E-state index in [1.165, 1.54) is 0 Å². The minimum absolute atomic E-state index is 2.48. The molecule has 0 aromatic heterocycles. The van der Waals surface area contributed by atoms with Gasteiger partial charge in [0.25, 0.3) is 12.3 Å². The Bertz CT molecular complexity index is 285. The van der Waals surface area contributed by atoms with Crippen LogP contribution < -0.4 is 0 Å². The lowest BCUT2D eigenvalue weighted by Gasteiger charge is -2.27. The van der Waals surface area contributed by atoms with Crippen LogP contribution in [0.4, 0.5) is 52.7 Å². The third-order valence-electron chi connectivity index (χ3n) is 1.70. The molecule has 0 aromatic rings. The summed E-state index contributed by atoms with van der Waals surface area (Å²) in [5.74, 6) is -5.62. The summed E-state index contributed by atoms with van der Waals surface area (Å²) in [5, 5.41) is 0. The molecule has 0 radical (unpaired) electrons. The molecule has 0 saturated carbocycles. The predicted octanol–water partition coefficient (Wildman–Crippen LogP) is 4.03. The van der Waals surface area contributed by atoms with Crippen LogP contribution in [0.1, 0.15) is 0 Å². The number of ether oxygens (including phenoxy) is 1. The van der Waals surface area contributed by atoms with Crippen LogP contribution >= 0.6 is 0 Å². The van der Waals surface area contributed by atoms with Crippen LogP contribution in [0.25, 0.3) is 0 Å². The van der Waals surface area contributed by atoms with Crippen LogP contribution in [-0.4, -0.2) is 43.3 Å². The molecule has 0 aromatic carbocycles. The van der Waals surface area contributed by atoms with E-state index in [1.807, 2.05) is 0 Å². The lowest BCUT2D eigenvalue weighted by molar-refractivity contribution is -0.355. The molecule has 0 rings (SSSR count). The Morgan fingerprint density at radius 3 is 1.30 bits per heavy atom. The van der Waals surface area contributed by atoms with Crippen molar-refractivity contribution in [2.75, 3.05) is 6.61 Å². The van der Waals surface area contributed by atoms with Crippen molar-refractivity contribution in [3.05, 3.63) is 0 Å². The van der Waals surface area contributed by atoms with Crippen LogP contribution in [0, 0.1) is 0 Å². The molecule has 0 unspecified atom stereocenters. The van der Waals surface area contributed by atoms with E-state index in [0.717, 1.165) is 0 Å². The third kappa shape index (κ3) is 4.90. The molecular weight excluding hydrogens is 328 g/mol. The summed E-state index contributed by atoms with van der Waals surface area (Å²) in [6.45, 7) is -3.10. The van der Waals surface area contributed by atoms with Crippen LogP contribution in [0.15, 0.2) is 0 Å². The molecule has 0 aliphatic rings. The van der Waals surface area contributed by atoms with Crippen molar-refractivity contribution < 1.29 is 57.4 Å². The van der Waals surface area contributed by atoms with Crippen molar-refractivity contribution in [1.29, 1.82) is 0 Å². The van der Waals surface area contributed by atoms with Gasteiger partial charge in [0.1, 0.15) is 6.61 Å². The van der Waals surface area contributed by atoms with Crippen LogP contribution in [-0.2, 0) is 4.74 Å². The van der Waals surface area contributed by atoms with Gasteiger partial charge < -0.3 is 4.74 Å². The standard InChI is InChI=1S/C7H4F12O/c8-2(5(12,13)14)4(10,11)1-20-7(18,19)3(9)6(15,16)17/h2-3H,1H2/t2-,3+/m1/s1. The largest absolute Gasteiger partial charge is 0.428 e. The summed E-state index contributed by atoms with van der Waals surface area (Å²) in [5.41, 5.74) is 0. The summed E-state index contributed by atoms with van der Waals surface area (Å²) in [6.07, 6.45) is -28.3. The molecule has 0 amide bonds. The first kappa shape index (κ1) is 19.1. The third-order valence-corrected chi connectivity index (χ3v) is 1.70. The van der Waals surface area contributed by atoms with E-state index in [4.69, 9.17) is 0 Å². The van der Waals surface area contributed by atoms with Crippen molar-refractivity contribution in [2.24, 2.45) is 0 Å². The van der Waals surface area contributed by atoms with Gasteiger partial charge in [-0.05, 0) is 0 Å². The summed E-state index contributed by atoms with van der Waals surface area (Å²) >= 11 is 0. The molecule has 0 saturated heterocycles. The zero-order valence-corrected chi connectivity index (χ0v) is 8.81. The molecule has 0 fully saturated rings. The molecule has 2 atom stereocenters. The maximum absolute atomic E-state index is 12.4. The second-order valence-corrected chi connectivity index (χ2v) is 3.42. The zero-order chi connectivity index (χ0) is 16.6. The normalized spacial score (nSPS) is 18.0. The topological polar surface area (TPSA) is 9.23 Å². The van der Waals surface area contributed by atoms with Crippen molar-refractivity contribution in [2.45, 2.75) is 36.7 Å². The Hall–Kier alpha value is -0.880. The monoisotopic (exact) mass is 332 g/mol. The fraction of sp³-hybridized carbons (Fsp3) is 1.00. The Morgan fingerprint density at radius 2 is 1.00 bits per heavy atom. The Labute approximate surface area is 102 Å². The fourth-order valence-corrected chi connectivity index (χ4v) is 0.769. The van der Waals surface area contributed by atoms with E-state index in [1.54, 1.807) is 0 Å². The van der Waals surface area contributed by atoms with Gasteiger partial charge in [-0.1, -0.05) is 0 Å². The summed E-state index contributed by atoms with van der Waals surface area (Å²) < 4.78 is 146. The minimum atomic E-state index is -6.21. The average molecular weight is 332 g/mol. The van der Waals surface area contributed by atoms with Crippen molar-refractivity contribution >= 4 is 0 Å². The molecule has 1 nitrogen and oxygen atoms in total. The lowest BCUT2D eigenvalue weighted by Crippen LogP contribution is -2.49. The predicted molar refractivity (Wildman–Crippen MR) is 37.7 cm³/mol. The first-order chi connectivity index (χ1) is 8.52. The fourth-order valence-electron chi connectivity index (χ4n) is 0.769.